The van der Waals surface area contributed by atoms with E-state index in [0.29, 0.717) is 18.9 Å². The first kappa shape index (κ1) is 18.0. The summed E-state index contributed by atoms with van der Waals surface area (Å²) in [4.78, 5) is 10.7. The Morgan fingerprint density at radius 1 is 1.43 bits per heavy atom. The van der Waals surface area contributed by atoms with Crippen LogP contribution in [0.25, 0.3) is 21.7 Å². The predicted octanol–water partition coefficient (Wildman–Crippen LogP) is 2.42. The van der Waals surface area contributed by atoms with E-state index in [-0.39, 0.29) is 6.04 Å². The molecular weight excluding hydrogens is 354 g/mol. The number of hydrogen-bond donors (Lipinski definition) is 1. The van der Waals surface area contributed by atoms with Crippen LogP contribution in [0.5, 0.6) is 0 Å². The van der Waals surface area contributed by atoms with E-state index in [4.69, 9.17) is 16.3 Å². The molecule has 3 aromatic heterocycles. The highest BCUT2D eigenvalue weighted by Gasteiger charge is 2.23. The van der Waals surface area contributed by atoms with Crippen molar-refractivity contribution in [3.05, 3.63) is 41.5 Å². The lowest BCUT2D eigenvalue weighted by Crippen LogP contribution is -2.44. The Balaban J connectivity index is 1.90. The van der Waals surface area contributed by atoms with Gasteiger partial charge in [-0.15, -0.1) is 0 Å². The van der Waals surface area contributed by atoms with Crippen molar-refractivity contribution in [2.24, 2.45) is 0 Å². The number of aromatic amines is 1. The van der Waals surface area contributed by atoms with Gasteiger partial charge in [0, 0.05) is 32.0 Å². The Morgan fingerprint density at radius 2 is 2.29 bits per heavy atom. The molecule has 28 heavy (non-hydrogen) atoms. The van der Waals surface area contributed by atoms with Crippen molar-refractivity contribution in [2.45, 2.75) is 32.4 Å². The molecule has 4 heterocycles. The molecule has 1 N–H and O–H groups in total. The smallest absolute Gasteiger partial charge is 0.286 e. The molecule has 0 spiro atoms. The molecule has 1 fully saturated rings. The van der Waals surface area contributed by atoms with E-state index in [0.717, 1.165) is 29.1 Å². The van der Waals surface area contributed by atoms with Gasteiger partial charge in [0.1, 0.15) is 5.82 Å². The number of H-pyrrole nitrogens is 1. The largest absolute Gasteiger partial charge is 0.377 e. The molecule has 142 valence electrons. The van der Waals surface area contributed by atoms with Crippen molar-refractivity contribution in [3.8, 4) is 17.7 Å². The molecule has 4 rings (SSSR count). The second kappa shape index (κ2) is 6.99. The third kappa shape index (κ3) is 3.30. The number of fused-ring (bicyclic) bond motifs is 1. The number of rotatable bonds is 2. The van der Waals surface area contributed by atoms with E-state index in [1.165, 1.54) is 0 Å². The van der Waals surface area contributed by atoms with Gasteiger partial charge >= 0.3 is 0 Å². The van der Waals surface area contributed by atoms with Crippen LogP contribution in [0.1, 0.15) is 26.3 Å². The summed E-state index contributed by atoms with van der Waals surface area (Å²) in [6, 6.07) is 4.03. The minimum absolute atomic E-state index is 0.211. The van der Waals surface area contributed by atoms with Crippen LogP contribution in [0.2, 0.25) is 0 Å². The topological polar surface area (TPSA) is 76.2 Å². The standard InChI is InChI=1S/C20H21N7O/c1-14-13-28-10-9-26(14)18-11-15(5-7-20(2,3)21-4)16-12-23-27(19(16)24-18)17-6-8-22-25-17/h6,8,11-12,14H,9-10,13H2,1-3H3,(H,22,25)/t14-/m1/s1. The maximum absolute atomic E-state index is 7.32. The lowest BCUT2D eigenvalue weighted by molar-refractivity contribution is 0.0985. The van der Waals surface area contributed by atoms with Crippen LogP contribution in [0.15, 0.2) is 24.5 Å². The predicted molar refractivity (Wildman–Crippen MR) is 106 cm³/mol. The number of nitrogens with zero attached hydrogens (tertiary/aromatic N) is 6. The lowest BCUT2D eigenvalue weighted by atomic mass is 10.1. The van der Waals surface area contributed by atoms with Crippen LogP contribution in [0, 0.1) is 18.4 Å². The average Bonchev–Trinajstić information content (AvgIpc) is 3.36. The second-order valence-corrected chi connectivity index (χ2v) is 7.30. The van der Waals surface area contributed by atoms with Crippen LogP contribution in [0.3, 0.4) is 0 Å². The van der Waals surface area contributed by atoms with Gasteiger partial charge in [-0.2, -0.15) is 14.9 Å². The Morgan fingerprint density at radius 3 is 3.00 bits per heavy atom. The highest BCUT2D eigenvalue weighted by molar-refractivity contribution is 5.85. The summed E-state index contributed by atoms with van der Waals surface area (Å²) < 4.78 is 7.29. The quantitative estimate of drug-likeness (QED) is 0.550. The van der Waals surface area contributed by atoms with Crippen molar-refractivity contribution < 1.29 is 4.74 Å². The van der Waals surface area contributed by atoms with E-state index < -0.39 is 5.54 Å². The molecule has 3 aromatic rings. The van der Waals surface area contributed by atoms with Crippen LogP contribution in [-0.4, -0.2) is 56.3 Å². The summed E-state index contributed by atoms with van der Waals surface area (Å²) in [6.07, 6.45) is 3.43. The van der Waals surface area contributed by atoms with Gasteiger partial charge in [0.2, 0.25) is 0 Å². The Bertz CT molecular complexity index is 1100. The van der Waals surface area contributed by atoms with Gasteiger partial charge in [-0.05, 0) is 18.9 Å². The fraction of sp³-hybridized carbons (Fsp3) is 0.400. The van der Waals surface area contributed by atoms with Crippen LogP contribution >= 0.6 is 0 Å². The van der Waals surface area contributed by atoms with Crippen molar-refractivity contribution >= 4 is 16.9 Å². The third-order valence-electron chi connectivity index (χ3n) is 4.69. The zero-order valence-electron chi connectivity index (χ0n) is 16.1. The first-order chi connectivity index (χ1) is 13.5. The van der Waals surface area contributed by atoms with Crippen molar-refractivity contribution in [3.63, 3.8) is 0 Å². The average molecular weight is 375 g/mol. The molecule has 0 radical (unpaired) electrons. The van der Waals surface area contributed by atoms with Gasteiger partial charge in [0.15, 0.2) is 11.5 Å². The van der Waals surface area contributed by atoms with E-state index in [9.17, 15) is 0 Å². The Hall–Kier alpha value is -3.36. The molecule has 0 amide bonds. The molecule has 1 saturated heterocycles. The normalized spacial score (nSPS) is 17.2. The zero-order chi connectivity index (χ0) is 19.7. The molecule has 8 heteroatoms. The highest BCUT2D eigenvalue weighted by atomic mass is 16.5. The van der Waals surface area contributed by atoms with E-state index in [1.807, 2.05) is 26.0 Å². The summed E-state index contributed by atoms with van der Waals surface area (Å²) in [6.45, 7) is 15.1. The monoisotopic (exact) mass is 375 g/mol. The number of hydrogen-bond acceptors (Lipinski definition) is 5. The molecule has 1 aliphatic rings. The maximum atomic E-state index is 7.32. The lowest BCUT2D eigenvalue weighted by Gasteiger charge is -2.34. The van der Waals surface area contributed by atoms with Gasteiger partial charge < -0.3 is 9.64 Å². The summed E-state index contributed by atoms with van der Waals surface area (Å²) >= 11 is 0. The summed E-state index contributed by atoms with van der Waals surface area (Å²) in [5.41, 5.74) is 0.757. The Kier molecular flexibility index (Phi) is 4.50. The van der Waals surface area contributed by atoms with E-state index in [2.05, 4.69) is 43.8 Å². The maximum Gasteiger partial charge on any atom is 0.286 e. The molecule has 1 aliphatic heterocycles. The van der Waals surface area contributed by atoms with Gasteiger partial charge in [-0.25, -0.2) is 11.6 Å². The first-order valence-corrected chi connectivity index (χ1v) is 9.13. The van der Waals surface area contributed by atoms with Crippen LogP contribution in [-0.2, 0) is 4.74 Å². The van der Waals surface area contributed by atoms with Gasteiger partial charge in [-0.3, -0.25) is 9.94 Å². The fourth-order valence-electron chi connectivity index (χ4n) is 3.10. The summed E-state index contributed by atoms with van der Waals surface area (Å²) in [5, 5.41) is 12.3. The third-order valence-corrected chi connectivity index (χ3v) is 4.69. The second-order valence-electron chi connectivity index (χ2n) is 7.30. The first-order valence-electron chi connectivity index (χ1n) is 9.13. The number of anilines is 1. The molecular formula is C20H21N7O. The van der Waals surface area contributed by atoms with Crippen molar-refractivity contribution in [2.75, 3.05) is 24.7 Å². The van der Waals surface area contributed by atoms with Gasteiger partial charge in [0.05, 0.1) is 37.0 Å². The number of morpholine rings is 1. The number of nitrogens with one attached hydrogen (secondary N) is 1. The minimum Gasteiger partial charge on any atom is -0.377 e. The molecule has 0 aliphatic carbocycles. The molecule has 0 bridgehead atoms. The van der Waals surface area contributed by atoms with E-state index >= 15 is 0 Å². The summed E-state index contributed by atoms with van der Waals surface area (Å²) in [7, 11) is 0. The minimum atomic E-state index is -0.749. The van der Waals surface area contributed by atoms with Crippen LogP contribution < -0.4 is 4.90 Å². The number of aromatic nitrogens is 5. The SMILES string of the molecule is [C-]#[N+]C(C)(C)C#Cc1cc(N2CCOC[C@H]2C)nc2c1cnn2-c1ccn[nH]1. The van der Waals surface area contributed by atoms with E-state index in [1.54, 1.807) is 17.1 Å². The zero-order valence-corrected chi connectivity index (χ0v) is 16.1. The number of pyridine rings is 1. The van der Waals surface area contributed by atoms with Crippen molar-refractivity contribution in [1.29, 1.82) is 0 Å². The van der Waals surface area contributed by atoms with Crippen molar-refractivity contribution in [1.82, 2.24) is 25.0 Å². The molecule has 0 unspecified atom stereocenters. The Labute approximate surface area is 163 Å². The molecule has 1 atom stereocenters. The fourth-order valence-corrected chi connectivity index (χ4v) is 3.10. The van der Waals surface area contributed by atoms with Gasteiger partial charge in [-0.1, -0.05) is 5.92 Å². The molecule has 0 aromatic carbocycles. The molecule has 0 saturated carbocycles. The molecule has 8 nitrogen and oxygen atoms in total. The number of ether oxygens (including phenoxy) is 1. The van der Waals surface area contributed by atoms with Crippen LogP contribution in [0.4, 0.5) is 5.82 Å². The highest BCUT2D eigenvalue weighted by Crippen LogP contribution is 2.26. The van der Waals surface area contributed by atoms with Gasteiger partial charge in [0.25, 0.3) is 5.54 Å². The summed E-state index contributed by atoms with van der Waals surface area (Å²) in [5.74, 6) is 7.82.